The molecule has 0 aliphatic rings. The highest BCUT2D eigenvalue weighted by atomic mass is 35.5. The molecule has 1 heterocycles. The largest absolute Gasteiger partial charge is 0.351 e. The van der Waals surface area contributed by atoms with E-state index in [1.807, 2.05) is 18.2 Å². The number of rotatable bonds is 8. The molecule has 4 nitrogen and oxygen atoms in total. The van der Waals surface area contributed by atoms with Crippen LogP contribution in [0.4, 0.5) is 0 Å². The van der Waals surface area contributed by atoms with E-state index in [-0.39, 0.29) is 11.5 Å². The van der Waals surface area contributed by atoms with Gasteiger partial charge in [0.15, 0.2) is 0 Å². The first kappa shape index (κ1) is 21.2. The van der Waals surface area contributed by atoms with Crippen LogP contribution in [0.25, 0.3) is 0 Å². The fourth-order valence-electron chi connectivity index (χ4n) is 2.81. The van der Waals surface area contributed by atoms with Crippen LogP contribution in [0.1, 0.15) is 27.0 Å². The maximum absolute atomic E-state index is 12.4. The third-order valence-electron chi connectivity index (χ3n) is 4.47. The normalized spacial score (nSPS) is 10.7. The van der Waals surface area contributed by atoms with E-state index >= 15 is 0 Å². The maximum Gasteiger partial charge on any atom is 0.252 e. The number of aromatic nitrogens is 1. The minimum atomic E-state index is -0.186. The SMILES string of the molecule is Cc1ccc(CSCCNC(=O)c2ccc(=O)n(Cc3ccccc3Cl)c2)cc1. The summed E-state index contributed by atoms with van der Waals surface area (Å²) in [6.45, 7) is 2.97. The molecule has 1 aromatic heterocycles. The van der Waals surface area contributed by atoms with Gasteiger partial charge in [0.2, 0.25) is 0 Å². The van der Waals surface area contributed by atoms with Gasteiger partial charge in [-0.3, -0.25) is 9.59 Å². The van der Waals surface area contributed by atoms with Gasteiger partial charge in [-0.1, -0.05) is 59.6 Å². The van der Waals surface area contributed by atoms with Crippen molar-refractivity contribution in [2.45, 2.75) is 19.2 Å². The average Bonchev–Trinajstić information content (AvgIpc) is 2.72. The number of hydrogen-bond donors (Lipinski definition) is 1. The number of pyridine rings is 1. The van der Waals surface area contributed by atoms with Crippen LogP contribution in [0.5, 0.6) is 0 Å². The fourth-order valence-corrected chi connectivity index (χ4v) is 3.83. The quantitative estimate of drug-likeness (QED) is 0.539. The van der Waals surface area contributed by atoms with Crippen LogP contribution in [0, 0.1) is 6.92 Å². The molecule has 0 bridgehead atoms. The summed E-state index contributed by atoms with van der Waals surface area (Å²) < 4.78 is 1.50. The van der Waals surface area contributed by atoms with Gasteiger partial charge >= 0.3 is 0 Å². The van der Waals surface area contributed by atoms with Crippen molar-refractivity contribution in [3.63, 3.8) is 0 Å². The van der Waals surface area contributed by atoms with E-state index in [1.165, 1.54) is 21.8 Å². The van der Waals surface area contributed by atoms with E-state index in [9.17, 15) is 9.59 Å². The topological polar surface area (TPSA) is 51.1 Å². The predicted molar refractivity (Wildman–Crippen MR) is 121 cm³/mol. The van der Waals surface area contributed by atoms with Gasteiger partial charge in [-0.05, 0) is 30.2 Å². The lowest BCUT2D eigenvalue weighted by Crippen LogP contribution is -2.28. The molecule has 0 aliphatic carbocycles. The minimum absolute atomic E-state index is 0.171. The molecule has 0 saturated heterocycles. The highest BCUT2D eigenvalue weighted by Crippen LogP contribution is 2.16. The zero-order valence-electron chi connectivity index (χ0n) is 16.2. The number of benzene rings is 2. The number of halogens is 1. The van der Waals surface area contributed by atoms with Gasteiger partial charge in [0.05, 0.1) is 12.1 Å². The second-order valence-corrected chi connectivity index (χ2v) is 8.28. The van der Waals surface area contributed by atoms with Crippen molar-refractivity contribution >= 4 is 29.3 Å². The maximum atomic E-state index is 12.4. The molecule has 3 rings (SSSR count). The van der Waals surface area contributed by atoms with Crippen LogP contribution in [-0.2, 0) is 12.3 Å². The highest BCUT2D eigenvalue weighted by molar-refractivity contribution is 7.98. The third-order valence-corrected chi connectivity index (χ3v) is 5.86. The third kappa shape index (κ3) is 6.24. The lowest BCUT2D eigenvalue weighted by molar-refractivity contribution is 0.0955. The summed E-state index contributed by atoms with van der Waals surface area (Å²) in [7, 11) is 0. The highest BCUT2D eigenvalue weighted by Gasteiger charge is 2.09. The van der Waals surface area contributed by atoms with Gasteiger partial charge in [-0.15, -0.1) is 0 Å². The summed E-state index contributed by atoms with van der Waals surface area (Å²) in [4.78, 5) is 24.6. The Bertz CT molecular complexity index is 1030. The van der Waals surface area contributed by atoms with Gasteiger partial charge in [-0.2, -0.15) is 11.8 Å². The second-order valence-electron chi connectivity index (χ2n) is 6.77. The van der Waals surface area contributed by atoms with Crippen LogP contribution in [0.3, 0.4) is 0 Å². The molecule has 0 radical (unpaired) electrons. The zero-order valence-corrected chi connectivity index (χ0v) is 17.8. The van der Waals surface area contributed by atoms with E-state index in [1.54, 1.807) is 30.1 Å². The lowest BCUT2D eigenvalue weighted by atomic mass is 10.2. The number of thioether (sulfide) groups is 1. The number of carbonyl (C=O) groups is 1. The number of hydrogen-bond acceptors (Lipinski definition) is 3. The van der Waals surface area contributed by atoms with E-state index in [0.29, 0.717) is 23.7 Å². The van der Waals surface area contributed by atoms with Gasteiger partial charge in [0, 0.05) is 35.3 Å². The summed E-state index contributed by atoms with van der Waals surface area (Å²) in [5.74, 6) is 1.55. The molecule has 0 saturated carbocycles. The molecular formula is C23H23ClN2O2S. The van der Waals surface area contributed by atoms with Crippen LogP contribution in [-0.4, -0.2) is 22.8 Å². The van der Waals surface area contributed by atoms with Crippen molar-refractivity contribution in [2.75, 3.05) is 12.3 Å². The molecule has 0 atom stereocenters. The Morgan fingerprint density at radius 1 is 1.07 bits per heavy atom. The smallest absolute Gasteiger partial charge is 0.252 e. The standard InChI is InChI=1S/C23H23ClN2O2S/c1-17-6-8-18(9-7-17)16-29-13-12-25-23(28)20-10-11-22(27)26(15-20)14-19-4-2-3-5-21(19)24/h2-11,15H,12-14,16H2,1H3,(H,25,28). The van der Waals surface area contributed by atoms with Crippen LogP contribution in [0.2, 0.25) is 5.02 Å². The molecule has 0 aliphatic heterocycles. The Labute approximate surface area is 179 Å². The summed E-state index contributed by atoms with van der Waals surface area (Å²) >= 11 is 7.96. The number of nitrogens with zero attached hydrogens (tertiary/aromatic N) is 1. The van der Waals surface area contributed by atoms with Gasteiger partial charge < -0.3 is 9.88 Å². The summed E-state index contributed by atoms with van der Waals surface area (Å²) in [5.41, 5.74) is 3.65. The Morgan fingerprint density at radius 2 is 1.83 bits per heavy atom. The average molecular weight is 427 g/mol. The van der Waals surface area contributed by atoms with Crippen molar-refractivity contribution in [3.05, 3.63) is 104 Å². The Kier molecular flexibility index (Phi) is 7.55. The zero-order chi connectivity index (χ0) is 20.6. The van der Waals surface area contributed by atoms with Crippen molar-refractivity contribution < 1.29 is 4.79 Å². The first-order chi connectivity index (χ1) is 14.0. The Morgan fingerprint density at radius 3 is 2.59 bits per heavy atom. The van der Waals surface area contributed by atoms with Crippen LogP contribution < -0.4 is 10.9 Å². The van der Waals surface area contributed by atoms with Crippen LogP contribution in [0.15, 0.2) is 71.7 Å². The molecule has 3 aromatic rings. The monoisotopic (exact) mass is 426 g/mol. The van der Waals surface area contributed by atoms with Crippen molar-refractivity contribution in [3.8, 4) is 0 Å². The second kappa shape index (κ2) is 10.3. The first-order valence-electron chi connectivity index (χ1n) is 9.38. The molecular weight excluding hydrogens is 404 g/mol. The van der Waals surface area contributed by atoms with E-state index in [0.717, 1.165) is 17.1 Å². The van der Waals surface area contributed by atoms with E-state index in [4.69, 9.17) is 11.6 Å². The molecule has 1 amide bonds. The van der Waals surface area contributed by atoms with Crippen LogP contribution >= 0.6 is 23.4 Å². The van der Waals surface area contributed by atoms with Gasteiger partial charge in [-0.25, -0.2) is 0 Å². The van der Waals surface area contributed by atoms with Crippen molar-refractivity contribution in [2.24, 2.45) is 0 Å². The summed E-state index contributed by atoms with van der Waals surface area (Å²) in [6.07, 6.45) is 1.58. The minimum Gasteiger partial charge on any atom is -0.351 e. The van der Waals surface area contributed by atoms with Crippen molar-refractivity contribution in [1.82, 2.24) is 9.88 Å². The molecule has 150 valence electrons. The molecule has 2 aromatic carbocycles. The van der Waals surface area contributed by atoms with E-state index in [2.05, 4.69) is 36.5 Å². The molecule has 29 heavy (non-hydrogen) atoms. The molecule has 0 spiro atoms. The predicted octanol–water partition coefficient (Wildman–Crippen LogP) is 4.52. The Hall–Kier alpha value is -2.50. The fraction of sp³-hybridized carbons (Fsp3) is 0.217. The molecule has 0 unspecified atom stereocenters. The molecule has 0 fully saturated rings. The Balaban J connectivity index is 1.52. The first-order valence-corrected chi connectivity index (χ1v) is 10.9. The molecule has 6 heteroatoms. The van der Waals surface area contributed by atoms with Crippen molar-refractivity contribution in [1.29, 1.82) is 0 Å². The van der Waals surface area contributed by atoms with Gasteiger partial charge in [0.1, 0.15) is 0 Å². The van der Waals surface area contributed by atoms with E-state index < -0.39 is 0 Å². The number of carbonyl (C=O) groups excluding carboxylic acids is 1. The van der Waals surface area contributed by atoms with Gasteiger partial charge in [0.25, 0.3) is 11.5 Å². The number of amides is 1. The lowest BCUT2D eigenvalue weighted by Gasteiger charge is -2.10. The molecule has 1 N–H and O–H groups in total. The summed E-state index contributed by atoms with van der Waals surface area (Å²) in [5, 5.41) is 3.51. The summed E-state index contributed by atoms with van der Waals surface area (Å²) in [6, 6.07) is 18.8. The number of aryl methyl sites for hydroxylation is 1. The number of nitrogens with one attached hydrogen (secondary N) is 1.